The molecule has 0 saturated carbocycles. The molecule has 0 spiro atoms. The van der Waals surface area contributed by atoms with Crippen LogP contribution in [0.2, 0.25) is 0 Å². The number of phenols is 1. The smallest absolute Gasteiger partial charge is 0.404 e. The predicted octanol–water partition coefficient (Wildman–Crippen LogP) is 4.76. The number of benzene rings is 2. The van der Waals surface area contributed by atoms with E-state index >= 15 is 0 Å². The number of aromatic hydroxyl groups is 1. The Bertz CT molecular complexity index is 1180. The molecule has 8 nitrogen and oxygen atoms in total. The van der Waals surface area contributed by atoms with Gasteiger partial charge in [0.05, 0.1) is 11.1 Å². The van der Waals surface area contributed by atoms with E-state index in [4.69, 9.17) is 9.72 Å². The number of rotatable bonds is 7. The summed E-state index contributed by atoms with van der Waals surface area (Å²) in [5.41, 5.74) is 1.62. The summed E-state index contributed by atoms with van der Waals surface area (Å²) >= 11 is 0. The summed E-state index contributed by atoms with van der Waals surface area (Å²) < 4.78 is 19.9. The van der Waals surface area contributed by atoms with Crippen molar-refractivity contribution in [3.8, 4) is 17.1 Å². The Balaban J connectivity index is 0.00000342. The lowest BCUT2D eigenvalue weighted by Gasteiger charge is -2.38. The van der Waals surface area contributed by atoms with E-state index in [1.54, 1.807) is 7.11 Å². The molecule has 188 valence electrons. The second kappa shape index (κ2) is 11.5. The van der Waals surface area contributed by atoms with Gasteiger partial charge in [0.15, 0.2) is 5.82 Å². The number of hydrogen-bond donors (Lipinski definition) is 3. The molecule has 2 atom stereocenters. The summed E-state index contributed by atoms with van der Waals surface area (Å²) in [7, 11) is 1.60. The van der Waals surface area contributed by atoms with Crippen LogP contribution in [0.4, 0.5) is 15.0 Å². The number of nitrogens with zero attached hydrogens (tertiary/aromatic N) is 3. The van der Waals surface area contributed by atoms with E-state index in [2.05, 4.69) is 15.2 Å². The Labute approximate surface area is 209 Å². The molecule has 1 amide bonds. The fourth-order valence-electron chi connectivity index (χ4n) is 4.67. The van der Waals surface area contributed by atoms with Gasteiger partial charge in [-0.3, -0.25) is 0 Å². The van der Waals surface area contributed by atoms with Crippen LogP contribution in [0.15, 0.2) is 36.4 Å². The lowest BCUT2D eigenvalue weighted by molar-refractivity contribution is 0.152. The third kappa shape index (κ3) is 5.91. The highest BCUT2D eigenvalue weighted by molar-refractivity contribution is 5.92. The van der Waals surface area contributed by atoms with Crippen molar-refractivity contribution >= 4 is 35.2 Å². The standard InChI is InChI=1S/C25H29FN4O4.ClH/c1-15-8-9-17-20(13-15)27-23(22-18(26)6-3-7-21(22)31)29-24(17)30-11-4-5-16(14-30)19(10-12-34-2)28-25(32)33;/h3,6-9,13,16,19,28,31H,4-5,10-12,14H2,1-2H3,(H,32,33);1H/t16-,19?;/m0./s1. The van der Waals surface area contributed by atoms with Crippen molar-refractivity contribution in [1.82, 2.24) is 15.3 Å². The Morgan fingerprint density at radius 3 is 2.83 bits per heavy atom. The van der Waals surface area contributed by atoms with Gasteiger partial charge in [-0.15, -0.1) is 12.4 Å². The number of amides is 1. The van der Waals surface area contributed by atoms with Crippen LogP contribution in [0.1, 0.15) is 24.8 Å². The van der Waals surface area contributed by atoms with E-state index < -0.39 is 11.9 Å². The van der Waals surface area contributed by atoms with Crippen molar-refractivity contribution in [2.45, 2.75) is 32.2 Å². The summed E-state index contributed by atoms with van der Waals surface area (Å²) in [6.45, 7) is 3.71. The van der Waals surface area contributed by atoms with Gasteiger partial charge in [0.25, 0.3) is 0 Å². The molecule has 1 aliphatic heterocycles. The Morgan fingerprint density at radius 2 is 2.11 bits per heavy atom. The van der Waals surface area contributed by atoms with Crippen LogP contribution in [0.3, 0.4) is 0 Å². The van der Waals surface area contributed by atoms with Crippen molar-refractivity contribution < 1.29 is 24.1 Å². The third-order valence-corrected chi connectivity index (χ3v) is 6.32. The number of carbonyl (C=O) groups is 1. The predicted molar refractivity (Wildman–Crippen MR) is 135 cm³/mol. The first-order chi connectivity index (χ1) is 16.4. The molecule has 10 heteroatoms. The number of aromatic nitrogens is 2. The minimum atomic E-state index is -1.06. The molecule has 1 fully saturated rings. The summed E-state index contributed by atoms with van der Waals surface area (Å²) in [5, 5.41) is 23.2. The van der Waals surface area contributed by atoms with Crippen molar-refractivity contribution in [3.05, 3.63) is 47.8 Å². The van der Waals surface area contributed by atoms with Gasteiger partial charge in [-0.2, -0.15) is 0 Å². The topological polar surface area (TPSA) is 108 Å². The average molecular weight is 505 g/mol. The minimum Gasteiger partial charge on any atom is -0.507 e. The fourth-order valence-corrected chi connectivity index (χ4v) is 4.67. The van der Waals surface area contributed by atoms with E-state index in [1.807, 2.05) is 25.1 Å². The lowest BCUT2D eigenvalue weighted by atomic mass is 9.88. The summed E-state index contributed by atoms with van der Waals surface area (Å²) in [4.78, 5) is 22.8. The van der Waals surface area contributed by atoms with Crippen LogP contribution in [0, 0.1) is 18.7 Å². The minimum absolute atomic E-state index is 0. The zero-order chi connectivity index (χ0) is 24.2. The number of anilines is 1. The molecular weight excluding hydrogens is 475 g/mol. The molecular formula is C25H30ClFN4O4. The van der Waals surface area contributed by atoms with Gasteiger partial charge in [-0.05, 0) is 61.9 Å². The molecule has 0 aliphatic carbocycles. The number of nitrogens with one attached hydrogen (secondary N) is 1. The Kier molecular flexibility index (Phi) is 8.69. The number of ether oxygens (including phenoxy) is 1. The van der Waals surface area contributed by atoms with Gasteiger partial charge in [0, 0.05) is 38.2 Å². The first kappa shape index (κ1) is 26.4. The fraction of sp³-hybridized carbons (Fsp3) is 0.400. The van der Waals surface area contributed by atoms with Crippen molar-refractivity contribution in [3.63, 3.8) is 0 Å². The van der Waals surface area contributed by atoms with Crippen LogP contribution >= 0.6 is 12.4 Å². The zero-order valence-electron chi connectivity index (χ0n) is 19.7. The SMILES string of the molecule is COCCC(NC(=O)O)[C@H]1CCCN(c2nc(-c3c(O)cccc3F)nc3cc(C)ccc23)C1.Cl. The van der Waals surface area contributed by atoms with Crippen LogP contribution in [0.25, 0.3) is 22.3 Å². The van der Waals surface area contributed by atoms with Crippen LogP contribution < -0.4 is 10.2 Å². The van der Waals surface area contributed by atoms with Crippen LogP contribution in [0.5, 0.6) is 5.75 Å². The first-order valence-corrected chi connectivity index (χ1v) is 11.4. The number of piperidine rings is 1. The molecule has 4 rings (SSSR count). The number of fused-ring (bicyclic) bond motifs is 1. The van der Waals surface area contributed by atoms with Gasteiger partial charge in [-0.1, -0.05) is 12.1 Å². The first-order valence-electron chi connectivity index (χ1n) is 11.4. The second-order valence-electron chi connectivity index (χ2n) is 8.71. The van der Waals surface area contributed by atoms with Crippen molar-refractivity contribution in [2.75, 3.05) is 31.7 Å². The van der Waals surface area contributed by atoms with Crippen LogP contribution in [-0.4, -0.2) is 59.1 Å². The molecule has 1 aliphatic rings. The lowest BCUT2D eigenvalue weighted by Crippen LogP contribution is -2.48. The molecule has 3 N–H and O–H groups in total. The maximum atomic E-state index is 14.7. The molecule has 2 aromatic carbocycles. The molecule has 0 radical (unpaired) electrons. The van der Waals surface area contributed by atoms with Crippen molar-refractivity contribution in [2.24, 2.45) is 5.92 Å². The molecule has 1 unspecified atom stereocenters. The zero-order valence-corrected chi connectivity index (χ0v) is 20.5. The summed E-state index contributed by atoms with van der Waals surface area (Å²) in [6, 6.07) is 9.70. The number of aryl methyl sites for hydroxylation is 1. The van der Waals surface area contributed by atoms with Gasteiger partial charge >= 0.3 is 6.09 Å². The maximum absolute atomic E-state index is 14.7. The average Bonchev–Trinajstić information content (AvgIpc) is 2.80. The molecule has 3 aromatic rings. The van der Waals surface area contributed by atoms with E-state index in [0.717, 1.165) is 30.3 Å². The van der Waals surface area contributed by atoms with E-state index in [9.17, 15) is 19.4 Å². The number of halogens is 2. The molecule has 1 saturated heterocycles. The normalized spacial score (nSPS) is 16.5. The number of carboxylic acid groups (broad SMARTS) is 1. The maximum Gasteiger partial charge on any atom is 0.404 e. The highest BCUT2D eigenvalue weighted by Gasteiger charge is 2.30. The number of hydrogen-bond acceptors (Lipinski definition) is 6. The summed E-state index contributed by atoms with van der Waals surface area (Å²) in [6.07, 6.45) is 1.24. The highest BCUT2D eigenvalue weighted by atomic mass is 35.5. The van der Waals surface area contributed by atoms with Gasteiger partial charge in [-0.25, -0.2) is 19.2 Å². The van der Waals surface area contributed by atoms with E-state index in [0.29, 0.717) is 30.9 Å². The van der Waals surface area contributed by atoms with Gasteiger partial charge in [0.2, 0.25) is 0 Å². The molecule has 35 heavy (non-hydrogen) atoms. The quantitative estimate of drug-likeness (QED) is 0.425. The largest absolute Gasteiger partial charge is 0.507 e. The Hall–Kier alpha value is -3.17. The van der Waals surface area contributed by atoms with Crippen molar-refractivity contribution in [1.29, 1.82) is 0 Å². The number of phenolic OH excluding ortho intramolecular Hbond substituents is 1. The molecule has 0 bridgehead atoms. The second-order valence-corrected chi connectivity index (χ2v) is 8.71. The highest BCUT2D eigenvalue weighted by Crippen LogP contribution is 2.35. The van der Waals surface area contributed by atoms with Gasteiger partial charge in [0.1, 0.15) is 17.4 Å². The van der Waals surface area contributed by atoms with E-state index in [-0.39, 0.29) is 41.5 Å². The van der Waals surface area contributed by atoms with Gasteiger partial charge < -0.3 is 25.2 Å². The third-order valence-electron chi connectivity index (χ3n) is 6.32. The Morgan fingerprint density at radius 1 is 1.31 bits per heavy atom. The number of methoxy groups -OCH3 is 1. The molecule has 2 heterocycles. The monoisotopic (exact) mass is 504 g/mol. The molecule has 1 aromatic heterocycles. The van der Waals surface area contributed by atoms with E-state index in [1.165, 1.54) is 18.2 Å². The van der Waals surface area contributed by atoms with Crippen LogP contribution in [-0.2, 0) is 4.74 Å². The summed E-state index contributed by atoms with van der Waals surface area (Å²) in [5.74, 6) is -0.00103.